The van der Waals surface area contributed by atoms with Crippen LogP contribution in [0.15, 0.2) is 0 Å². The van der Waals surface area contributed by atoms with Crippen LogP contribution in [0.3, 0.4) is 0 Å². The molecule has 0 aliphatic carbocycles. The van der Waals surface area contributed by atoms with Crippen LogP contribution in [-0.2, 0) is 9.59 Å². The van der Waals surface area contributed by atoms with E-state index in [9.17, 15) is 9.59 Å². The quantitative estimate of drug-likeness (QED) is 0.832. The molecule has 3 aliphatic heterocycles. The van der Waals surface area contributed by atoms with Crippen LogP contribution in [0.5, 0.6) is 0 Å². The first kappa shape index (κ1) is 14.8. The number of nitrogens with one attached hydrogen (secondary N) is 1. The molecule has 118 valence electrons. The molecule has 3 rings (SSSR count). The van der Waals surface area contributed by atoms with Crippen molar-refractivity contribution < 1.29 is 14.7 Å². The standard InChI is InChI=1S/C16H26N2O3/c1-16(6-2-3-7-17-16)15(21)18-12-4-5-13(18)9-11(8-12)10-14(19)20/h11-13,17H,2-10H2,1H3,(H,19,20). The SMILES string of the molecule is CC1(C(=O)N2C3CCC2CC(CC(=O)O)C3)CCCCN1. The van der Waals surface area contributed by atoms with E-state index >= 15 is 0 Å². The molecular weight excluding hydrogens is 268 g/mol. The van der Waals surface area contributed by atoms with E-state index in [0.717, 1.165) is 51.5 Å². The third-order valence-electron chi connectivity index (χ3n) is 5.62. The lowest BCUT2D eigenvalue weighted by Gasteiger charge is -2.44. The van der Waals surface area contributed by atoms with Gasteiger partial charge in [0.05, 0.1) is 5.54 Å². The van der Waals surface area contributed by atoms with Gasteiger partial charge in [0, 0.05) is 18.5 Å². The van der Waals surface area contributed by atoms with Gasteiger partial charge in [-0.25, -0.2) is 0 Å². The van der Waals surface area contributed by atoms with Gasteiger partial charge >= 0.3 is 5.97 Å². The second-order valence-corrected chi connectivity index (χ2v) is 7.25. The Morgan fingerprint density at radius 2 is 1.90 bits per heavy atom. The van der Waals surface area contributed by atoms with Crippen LogP contribution >= 0.6 is 0 Å². The summed E-state index contributed by atoms with van der Waals surface area (Å²) in [5, 5.41) is 12.4. The lowest BCUT2D eigenvalue weighted by Crippen LogP contribution is -2.61. The van der Waals surface area contributed by atoms with Gasteiger partial charge in [-0.15, -0.1) is 0 Å². The number of nitrogens with zero attached hydrogens (tertiary/aromatic N) is 1. The Bertz CT molecular complexity index is 417. The number of carbonyl (C=O) groups excluding carboxylic acids is 1. The zero-order valence-electron chi connectivity index (χ0n) is 12.8. The lowest BCUT2D eigenvalue weighted by atomic mass is 9.84. The number of hydrogen-bond donors (Lipinski definition) is 2. The Morgan fingerprint density at radius 1 is 1.24 bits per heavy atom. The number of carbonyl (C=O) groups is 2. The maximum absolute atomic E-state index is 13.0. The largest absolute Gasteiger partial charge is 0.481 e. The van der Waals surface area contributed by atoms with Crippen molar-refractivity contribution in [3.05, 3.63) is 0 Å². The Labute approximate surface area is 126 Å². The molecule has 3 atom stereocenters. The summed E-state index contributed by atoms with van der Waals surface area (Å²) in [6.45, 7) is 2.96. The van der Waals surface area contributed by atoms with Crippen molar-refractivity contribution >= 4 is 11.9 Å². The first-order valence-corrected chi connectivity index (χ1v) is 8.29. The van der Waals surface area contributed by atoms with Crippen LogP contribution in [0, 0.1) is 5.92 Å². The molecule has 21 heavy (non-hydrogen) atoms. The van der Waals surface area contributed by atoms with E-state index in [1.54, 1.807) is 0 Å². The third-order valence-corrected chi connectivity index (χ3v) is 5.62. The molecule has 0 aromatic carbocycles. The van der Waals surface area contributed by atoms with Crippen LogP contribution in [0.25, 0.3) is 0 Å². The smallest absolute Gasteiger partial charge is 0.303 e. The van der Waals surface area contributed by atoms with E-state index in [1.165, 1.54) is 0 Å². The molecule has 5 nitrogen and oxygen atoms in total. The summed E-state index contributed by atoms with van der Waals surface area (Å²) in [6.07, 6.45) is 7.25. The number of hydrogen-bond acceptors (Lipinski definition) is 3. The maximum atomic E-state index is 13.0. The number of rotatable bonds is 3. The van der Waals surface area contributed by atoms with E-state index < -0.39 is 11.5 Å². The predicted molar refractivity (Wildman–Crippen MR) is 78.9 cm³/mol. The third kappa shape index (κ3) is 2.80. The summed E-state index contributed by atoms with van der Waals surface area (Å²) in [5.41, 5.74) is -0.404. The van der Waals surface area contributed by atoms with Crippen LogP contribution in [-0.4, -0.2) is 46.1 Å². The highest BCUT2D eigenvalue weighted by molar-refractivity contribution is 5.87. The predicted octanol–water partition coefficient (Wildman–Crippen LogP) is 1.76. The Hall–Kier alpha value is -1.10. The highest BCUT2D eigenvalue weighted by atomic mass is 16.4. The monoisotopic (exact) mass is 294 g/mol. The average Bonchev–Trinajstić information content (AvgIpc) is 2.69. The number of amides is 1. The van der Waals surface area contributed by atoms with Crippen LogP contribution in [0.4, 0.5) is 0 Å². The molecule has 0 aromatic rings. The van der Waals surface area contributed by atoms with Crippen molar-refractivity contribution in [2.45, 2.75) is 75.9 Å². The maximum Gasteiger partial charge on any atom is 0.303 e. The minimum atomic E-state index is -0.708. The summed E-state index contributed by atoms with van der Waals surface area (Å²) >= 11 is 0. The number of carboxylic acid groups (broad SMARTS) is 1. The molecule has 0 spiro atoms. The zero-order valence-corrected chi connectivity index (χ0v) is 12.8. The van der Waals surface area contributed by atoms with Gasteiger partial charge in [-0.05, 0) is 64.3 Å². The fourth-order valence-electron chi connectivity index (χ4n) is 4.56. The second-order valence-electron chi connectivity index (χ2n) is 7.25. The van der Waals surface area contributed by atoms with Gasteiger partial charge in [-0.3, -0.25) is 9.59 Å². The molecule has 3 saturated heterocycles. The molecule has 3 unspecified atom stereocenters. The second kappa shape index (κ2) is 5.59. The minimum absolute atomic E-state index is 0.246. The number of aliphatic carboxylic acids is 1. The van der Waals surface area contributed by atoms with Gasteiger partial charge in [-0.2, -0.15) is 0 Å². The first-order valence-electron chi connectivity index (χ1n) is 8.29. The molecular formula is C16H26N2O3. The van der Waals surface area contributed by atoms with Crippen LogP contribution < -0.4 is 5.32 Å². The molecule has 0 saturated carbocycles. The van der Waals surface area contributed by atoms with Crippen molar-refractivity contribution in [1.29, 1.82) is 0 Å². The topological polar surface area (TPSA) is 69.6 Å². The van der Waals surface area contributed by atoms with E-state index in [-0.39, 0.29) is 30.3 Å². The summed E-state index contributed by atoms with van der Waals surface area (Å²) < 4.78 is 0. The van der Waals surface area contributed by atoms with Gasteiger partial charge in [0.25, 0.3) is 0 Å². The lowest BCUT2D eigenvalue weighted by molar-refractivity contribution is -0.145. The summed E-state index contributed by atoms with van der Waals surface area (Å²) in [4.78, 5) is 26.0. The van der Waals surface area contributed by atoms with Crippen molar-refractivity contribution in [2.75, 3.05) is 6.54 Å². The molecule has 3 heterocycles. The van der Waals surface area contributed by atoms with E-state index in [2.05, 4.69) is 10.2 Å². The highest BCUT2D eigenvalue weighted by Gasteiger charge is 2.48. The van der Waals surface area contributed by atoms with Gasteiger partial charge < -0.3 is 15.3 Å². The molecule has 1 amide bonds. The minimum Gasteiger partial charge on any atom is -0.481 e. The van der Waals surface area contributed by atoms with Crippen molar-refractivity contribution in [3.63, 3.8) is 0 Å². The van der Waals surface area contributed by atoms with Crippen molar-refractivity contribution in [1.82, 2.24) is 10.2 Å². The fourth-order valence-corrected chi connectivity index (χ4v) is 4.56. The Balaban J connectivity index is 1.70. The van der Waals surface area contributed by atoms with Crippen LogP contribution in [0.1, 0.15) is 58.3 Å². The normalized spacial score (nSPS) is 39.3. The van der Waals surface area contributed by atoms with Gasteiger partial charge in [0.2, 0.25) is 5.91 Å². The van der Waals surface area contributed by atoms with E-state index in [0.29, 0.717) is 0 Å². The number of fused-ring (bicyclic) bond motifs is 2. The van der Waals surface area contributed by atoms with E-state index in [1.807, 2.05) is 6.92 Å². The van der Waals surface area contributed by atoms with E-state index in [4.69, 9.17) is 5.11 Å². The van der Waals surface area contributed by atoms with Crippen LogP contribution in [0.2, 0.25) is 0 Å². The number of piperidine rings is 2. The first-order chi connectivity index (χ1) is 9.99. The molecule has 0 radical (unpaired) electrons. The van der Waals surface area contributed by atoms with Gasteiger partial charge in [0.1, 0.15) is 0 Å². The van der Waals surface area contributed by atoms with Crippen molar-refractivity contribution in [2.24, 2.45) is 5.92 Å². The van der Waals surface area contributed by atoms with Gasteiger partial charge in [0.15, 0.2) is 0 Å². The number of carboxylic acids is 1. The average molecular weight is 294 g/mol. The summed E-state index contributed by atoms with van der Waals surface area (Å²) in [5.74, 6) is -0.209. The molecule has 3 aliphatic rings. The zero-order chi connectivity index (χ0) is 15.0. The summed E-state index contributed by atoms with van der Waals surface area (Å²) in [7, 11) is 0. The molecule has 5 heteroatoms. The fraction of sp³-hybridized carbons (Fsp3) is 0.875. The van der Waals surface area contributed by atoms with Crippen molar-refractivity contribution in [3.8, 4) is 0 Å². The molecule has 3 fully saturated rings. The molecule has 2 N–H and O–H groups in total. The molecule has 0 aromatic heterocycles. The Morgan fingerprint density at radius 3 is 2.43 bits per heavy atom. The van der Waals surface area contributed by atoms with Gasteiger partial charge in [-0.1, -0.05) is 0 Å². The molecule has 2 bridgehead atoms. The Kier molecular flexibility index (Phi) is 3.95. The highest BCUT2D eigenvalue weighted by Crippen LogP contribution is 2.41. The summed E-state index contributed by atoms with van der Waals surface area (Å²) in [6, 6.07) is 0.530.